The highest BCUT2D eigenvalue weighted by molar-refractivity contribution is 6.34. The van der Waals surface area contributed by atoms with Crippen LogP contribution in [0.25, 0.3) is 0 Å². The molecule has 0 bridgehead atoms. The van der Waals surface area contributed by atoms with Crippen LogP contribution in [-0.2, 0) is 9.59 Å². The van der Waals surface area contributed by atoms with Crippen molar-refractivity contribution in [3.8, 4) is 0 Å². The van der Waals surface area contributed by atoms with Gasteiger partial charge in [-0.2, -0.15) is 0 Å². The maximum atomic E-state index is 11.7. The fraction of sp³-hybridized carbons (Fsp3) is 0.571. The molecular formula is C14H22N2O2. The van der Waals surface area contributed by atoms with Gasteiger partial charge in [-0.1, -0.05) is 31.1 Å². The Hall–Kier alpha value is -1.58. The van der Waals surface area contributed by atoms with E-state index in [1.807, 2.05) is 6.92 Å². The Bertz CT molecular complexity index is 383. The number of carbonyl (C=O) groups excluding carboxylic acids is 2. The van der Waals surface area contributed by atoms with Gasteiger partial charge in [0.1, 0.15) is 0 Å². The second kappa shape index (κ2) is 6.99. The Balaban J connectivity index is 2.72. The van der Waals surface area contributed by atoms with Gasteiger partial charge in [-0.05, 0) is 31.8 Å². The molecule has 0 unspecified atom stereocenters. The Labute approximate surface area is 109 Å². The average Bonchev–Trinajstić information content (AvgIpc) is 2.35. The third-order valence-corrected chi connectivity index (χ3v) is 3.16. The van der Waals surface area contributed by atoms with Crippen molar-refractivity contribution in [2.24, 2.45) is 5.73 Å². The predicted molar refractivity (Wildman–Crippen MR) is 71.8 cm³/mol. The van der Waals surface area contributed by atoms with Crippen LogP contribution in [0.2, 0.25) is 0 Å². The lowest BCUT2D eigenvalue weighted by molar-refractivity contribution is -0.143. The van der Waals surface area contributed by atoms with Crippen LogP contribution < -0.4 is 5.73 Å². The second-order valence-corrected chi connectivity index (χ2v) is 4.64. The molecule has 1 aliphatic rings. The fourth-order valence-corrected chi connectivity index (χ4v) is 2.00. The summed E-state index contributed by atoms with van der Waals surface area (Å²) in [4.78, 5) is 24.3. The van der Waals surface area contributed by atoms with Crippen LogP contribution in [0.5, 0.6) is 0 Å². The lowest BCUT2D eigenvalue weighted by Gasteiger charge is -2.24. The summed E-state index contributed by atoms with van der Waals surface area (Å²) < 4.78 is 0. The predicted octanol–water partition coefficient (Wildman–Crippen LogP) is 1.77. The highest BCUT2D eigenvalue weighted by Crippen LogP contribution is 2.19. The normalized spacial score (nSPS) is 14.8. The Kier molecular flexibility index (Phi) is 5.62. The van der Waals surface area contributed by atoms with E-state index in [1.165, 1.54) is 5.57 Å². The number of hydrogen-bond donors (Lipinski definition) is 1. The van der Waals surface area contributed by atoms with Crippen molar-refractivity contribution < 1.29 is 9.59 Å². The fourth-order valence-electron chi connectivity index (χ4n) is 2.00. The van der Waals surface area contributed by atoms with Crippen molar-refractivity contribution in [2.75, 3.05) is 13.1 Å². The Morgan fingerprint density at radius 1 is 1.33 bits per heavy atom. The molecule has 0 aromatic rings. The van der Waals surface area contributed by atoms with Gasteiger partial charge in [-0.3, -0.25) is 9.59 Å². The molecule has 100 valence electrons. The first kappa shape index (κ1) is 14.5. The van der Waals surface area contributed by atoms with Gasteiger partial charge < -0.3 is 10.6 Å². The quantitative estimate of drug-likeness (QED) is 0.756. The van der Waals surface area contributed by atoms with Gasteiger partial charge in [0.15, 0.2) is 0 Å². The monoisotopic (exact) mass is 250 g/mol. The van der Waals surface area contributed by atoms with Crippen LogP contribution in [-0.4, -0.2) is 29.8 Å². The number of primary amides is 1. The number of hydrogen-bond acceptors (Lipinski definition) is 2. The van der Waals surface area contributed by atoms with E-state index in [1.54, 1.807) is 4.90 Å². The summed E-state index contributed by atoms with van der Waals surface area (Å²) in [7, 11) is 0. The summed E-state index contributed by atoms with van der Waals surface area (Å²) in [5.41, 5.74) is 7.41. The van der Waals surface area contributed by atoms with Crippen LogP contribution >= 0.6 is 0 Å². The van der Waals surface area contributed by atoms with Gasteiger partial charge in [0.25, 0.3) is 0 Å². The Morgan fingerprint density at radius 3 is 2.56 bits per heavy atom. The molecule has 0 aromatic carbocycles. The van der Waals surface area contributed by atoms with Crippen LogP contribution in [0.15, 0.2) is 23.3 Å². The van der Waals surface area contributed by atoms with E-state index < -0.39 is 11.8 Å². The zero-order chi connectivity index (χ0) is 13.5. The number of unbranched alkanes of at least 4 members (excludes halogenated alkanes) is 1. The molecule has 4 heteroatoms. The smallest absolute Gasteiger partial charge is 0.311 e. The molecule has 0 atom stereocenters. The molecule has 0 heterocycles. The third kappa shape index (κ3) is 4.02. The topological polar surface area (TPSA) is 63.4 Å². The van der Waals surface area contributed by atoms with Gasteiger partial charge in [-0.25, -0.2) is 0 Å². The number of carbonyl (C=O) groups is 2. The molecular weight excluding hydrogens is 228 g/mol. The molecule has 2 N–H and O–H groups in total. The summed E-state index contributed by atoms with van der Waals surface area (Å²) in [6.45, 7) is 5.17. The molecule has 1 aliphatic carbocycles. The van der Waals surface area contributed by atoms with E-state index in [9.17, 15) is 9.59 Å². The molecule has 0 radical (unpaired) electrons. The molecule has 0 fully saturated rings. The average molecular weight is 250 g/mol. The van der Waals surface area contributed by atoms with Crippen LogP contribution in [0.4, 0.5) is 0 Å². The van der Waals surface area contributed by atoms with Crippen LogP contribution in [0.1, 0.15) is 39.5 Å². The van der Waals surface area contributed by atoms with Gasteiger partial charge in [-0.15, -0.1) is 0 Å². The van der Waals surface area contributed by atoms with E-state index in [-0.39, 0.29) is 0 Å². The van der Waals surface area contributed by atoms with Crippen molar-refractivity contribution in [3.05, 3.63) is 23.3 Å². The Morgan fingerprint density at radius 2 is 2.00 bits per heavy atom. The molecule has 0 spiro atoms. The highest BCUT2D eigenvalue weighted by Gasteiger charge is 2.20. The van der Waals surface area contributed by atoms with Gasteiger partial charge in [0.2, 0.25) is 0 Å². The lowest BCUT2D eigenvalue weighted by atomic mass is 9.98. The highest BCUT2D eigenvalue weighted by atomic mass is 16.2. The van der Waals surface area contributed by atoms with Crippen LogP contribution in [0.3, 0.4) is 0 Å². The first-order valence-electron chi connectivity index (χ1n) is 6.51. The summed E-state index contributed by atoms with van der Waals surface area (Å²) in [5, 5.41) is 0. The largest absolute Gasteiger partial charge is 0.361 e. The van der Waals surface area contributed by atoms with Crippen molar-refractivity contribution in [2.45, 2.75) is 39.5 Å². The van der Waals surface area contributed by atoms with E-state index >= 15 is 0 Å². The minimum Gasteiger partial charge on any atom is -0.361 e. The molecule has 4 nitrogen and oxygen atoms in total. The number of rotatable bonds is 5. The molecule has 1 rings (SSSR count). The summed E-state index contributed by atoms with van der Waals surface area (Å²) in [6, 6.07) is 0. The minimum atomic E-state index is -0.871. The molecule has 0 saturated carbocycles. The summed E-state index contributed by atoms with van der Waals surface area (Å²) >= 11 is 0. The number of allylic oxidation sites excluding steroid dienone is 2. The maximum Gasteiger partial charge on any atom is 0.311 e. The number of nitrogens with two attached hydrogens (primary N) is 1. The van der Waals surface area contributed by atoms with Gasteiger partial charge in [0.05, 0.1) is 0 Å². The SMILES string of the molecule is CCCCN(CC1=CCCC=C1C)C(=O)C(N)=O. The molecule has 2 amide bonds. The molecule has 0 aromatic heterocycles. The first-order valence-corrected chi connectivity index (χ1v) is 6.51. The van der Waals surface area contributed by atoms with Crippen molar-refractivity contribution in [1.29, 1.82) is 0 Å². The number of amides is 2. The van der Waals surface area contributed by atoms with E-state index in [0.29, 0.717) is 13.1 Å². The molecule has 0 aliphatic heterocycles. The third-order valence-electron chi connectivity index (χ3n) is 3.16. The number of nitrogens with zero attached hydrogens (tertiary/aromatic N) is 1. The molecule has 18 heavy (non-hydrogen) atoms. The summed E-state index contributed by atoms with van der Waals surface area (Å²) in [6.07, 6.45) is 8.23. The van der Waals surface area contributed by atoms with Crippen molar-refractivity contribution in [3.63, 3.8) is 0 Å². The van der Waals surface area contributed by atoms with Gasteiger partial charge >= 0.3 is 11.8 Å². The zero-order valence-corrected chi connectivity index (χ0v) is 11.2. The molecule has 0 saturated heterocycles. The standard InChI is InChI=1S/C14H22N2O2/c1-3-4-9-16(14(18)13(15)17)10-12-8-6-5-7-11(12)2/h7-8H,3-6,9-10H2,1-2H3,(H2,15,17). The summed E-state index contributed by atoms with van der Waals surface area (Å²) in [5.74, 6) is -1.45. The lowest BCUT2D eigenvalue weighted by Crippen LogP contribution is -2.42. The first-order chi connectivity index (χ1) is 8.56. The van der Waals surface area contributed by atoms with Gasteiger partial charge in [0, 0.05) is 13.1 Å². The minimum absolute atomic E-state index is 0.490. The van der Waals surface area contributed by atoms with E-state index in [4.69, 9.17) is 5.73 Å². The van der Waals surface area contributed by atoms with Crippen LogP contribution in [0, 0.1) is 0 Å². The van der Waals surface area contributed by atoms with E-state index in [2.05, 4.69) is 19.1 Å². The maximum absolute atomic E-state index is 11.7. The van der Waals surface area contributed by atoms with Crippen molar-refractivity contribution >= 4 is 11.8 Å². The van der Waals surface area contributed by atoms with E-state index in [0.717, 1.165) is 31.3 Å². The zero-order valence-electron chi connectivity index (χ0n) is 11.2. The second-order valence-electron chi connectivity index (χ2n) is 4.64. The van der Waals surface area contributed by atoms with Crippen molar-refractivity contribution in [1.82, 2.24) is 4.90 Å².